The van der Waals surface area contributed by atoms with E-state index in [9.17, 15) is 4.79 Å². The minimum Gasteiger partial charge on any atom is -0.492 e. The highest BCUT2D eigenvalue weighted by molar-refractivity contribution is 9.10. The molecule has 3 rings (SSSR count). The van der Waals surface area contributed by atoms with E-state index in [1.54, 1.807) is 43.5 Å². The fourth-order valence-corrected chi connectivity index (χ4v) is 3.20. The first-order chi connectivity index (χ1) is 13.6. The molecular weight excluding hydrogens is 422 g/mol. The number of rotatable bonds is 7. The summed E-state index contributed by atoms with van der Waals surface area (Å²) in [6, 6.07) is 20.1. The van der Waals surface area contributed by atoms with Crippen LogP contribution in [0.4, 0.5) is 5.69 Å². The number of para-hydroxylation sites is 1. The number of carbonyl (C=O) groups excluding carboxylic acids is 1. The Hall–Kier alpha value is -2.99. The van der Waals surface area contributed by atoms with Crippen molar-refractivity contribution >= 4 is 27.5 Å². The third-order valence-corrected chi connectivity index (χ3v) is 4.46. The van der Waals surface area contributed by atoms with Gasteiger partial charge in [0.2, 0.25) is 0 Å². The molecule has 0 aliphatic carbocycles. The molecule has 0 saturated carbocycles. The van der Waals surface area contributed by atoms with Gasteiger partial charge in [0.05, 0.1) is 18.2 Å². The maximum Gasteiger partial charge on any atom is 0.255 e. The average Bonchev–Trinajstić information content (AvgIpc) is 2.70. The quantitative estimate of drug-likeness (QED) is 0.495. The lowest BCUT2D eigenvalue weighted by Crippen LogP contribution is -2.12. The topological polar surface area (TPSA) is 56.8 Å². The predicted octanol–water partition coefficient (Wildman–Crippen LogP) is 5.90. The molecule has 1 amide bonds. The van der Waals surface area contributed by atoms with E-state index in [1.807, 2.05) is 37.3 Å². The lowest BCUT2D eigenvalue weighted by Gasteiger charge is -2.13. The van der Waals surface area contributed by atoms with E-state index in [-0.39, 0.29) is 5.91 Å². The number of hydrogen-bond acceptors (Lipinski definition) is 4. The molecule has 0 unspecified atom stereocenters. The van der Waals surface area contributed by atoms with Crippen molar-refractivity contribution in [1.29, 1.82) is 0 Å². The van der Waals surface area contributed by atoms with Crippen molar-refractivity contribution in [3.63, 3.8) is 0 Å². The highest BCUT2D eigenvalue weighted by atomic mass is 79.9. The summed E-state index contributed by atoms with van der Waals surface area (Å²) in [5.74, 6) is 2.26. The Morgan fingerprint density at radius 1 is 1.00 bits per heavy atom. The van der Waals surface area contributed by atoms with Crippen LogP contribution in [0.1, 0.15) is 17.3 Å². The summed E-state index contributed by atoms with van der Waals surface area (Å²) in [6.45, 7) is 2.34. The van der Waals surface area contributed by atoms with Crippen LogP contribution < -0.4 is 19.5 Å². The van der Waals surface area contributed by atoms with E-state index in [2.05, 4.69) is 21.2 Å². The molecule has 3 aromatic carbocycles. The molecule has 144 valence electrons. The summed E-state index contributed by atoms with van der Waals surface area (Å²) in [6.07, 6.45) is 0. The molecule has 3 aromatic rings. The molecule has 28 heavy (non-hydrogen) atoms. The minimum absolute atomic E-state index is 0.249. The van der Waals surface area contributed by atoms with Crippen LogP contribution in [0, 0.1) is 0 Å². The number of amides is 1. The summed E-state index contributed by atoms with van der Waals surface area (Å²) < 4.78 is 17.3. The average molecular weight is 442 g/mol. The summed E-state index contributed by atoms with van der Waals surface area (Å²) in [5.41, 5.74) is 1.12. The highest BCUT2D eigenvalue weighted by Gasteiger charge is 2.15. The molecule has 0 heterocycles. The zero-order chi connectivity index (χ0) is 19.9. The number of methoxy groups -OCH3 is 1. The molecule has 1 N–H and O–H groups in total. The first-order valence-corrected chi connectivity index (χ1v) is 9.54. The SMILES string of the molecule is CCOc1cc(C(=O)Nc2ccc(Oc3ccccc3)cc2)cc(Br)c1OC. The number of ether oxygens (including phenoxy) is 3. The van der Waals surface area contributed by atoms with Crippen molar-refractivity contribution in [1.82, 2.24) is 0 Å². The largest absolute Gasteiger partial charge is 0.492 e. The summed E-state index contributed by atoms with van der Waals surface area (Å²) in [7, 11) is 1.56. The van der Waals surface area contributed by atoms with Gasteiger partial charge in [-0.1, -0.05) is 18.2 Å². The van der Waals surface area contributed by atoms with Gasteiger partial charge in [-0.25, -0.2) is 0 Å². The van der Waals surface area contributed by atoms with Crippen LogP contribution in [0.25, 0.3) is 0 Å². The van der Waals surface area contributed by atoms with Crippen LogP contribution >= 0.6 is 15.9 Å². The minimum atomic E-state index is -0.249. The van der Waals surface area contributed by atoms with Crippen LogP contribution in [-0.2, 0) is 0 Å². The Morgan fingerprint density at radius 2 is 1.68 bits per heavy atom. The van der Waals surface area contributed by atoms with E-state index in [0.717, 1.165) is 5.75 Å². The molecule has 0 saturated heterocycles. The van der Waals surface area contributed by atoms with E-state index in [0.29, 0.717) is 39.6 Å². The molecular formula is C22H20BrNO4. The van der Waals surface area contributed by atoms with Crippen LogP contribution in [0.5, 0.6) is 23.0 Å². The van der Waals surface area contributed by atoms with Crippen molar-refractivity contribution < 1.29 is 19.0 Å². The van der Waals surface area contributed by atoms with Gasteiger partial charge in [0.25, 0.3) is 5.91 Å². The van der Waals surface area contributed by atoms with Gasteiger partial charge in [-0.05, 0) is 71.4 Å². The molecule has 0 aromatic heterocycles. The Balaban J connectivity index is 1.72. The van der Waals surface area contributed by atoms with Crippen LogP contribution in [0.3, 0.4) is 0 Å². The van der Waals surface area contributed by atoms with Gasteiger partial charge in [-0.2, -0.15) is 0 Å². The summed E-state index contributed by atoms with van der Waals surface area (Å²) in [4.78, 5) is 12.6. The third kappa shape index (κ3) is 4.84. The Labute approximate surface area is 172 Å². The van der Waals surface area contributed by atoms with Crippen LogP contribution in [-0.4, -0.2) is 19.6 Å². The number of nitrogens with one attached hydrogen (secondary N) is 1. The fraction of sp³-hybridized carbons (Fsp3) is 0.136. The van der Waals surface area contributed by atoms with Crippen molar-refractivity contribution in [3.8, 4) is 23.0 Å². The summed E-state index contributed by atoms with van der Waals surface area (Å²) in [5, 5.41) is 2.87. The molecule has 0 fully saturated rings. The maximum absolute atomic E-state index is 12.6. The number of carbonyl (C=O) groups is 1. The van der Waals surface area contributed by atoms with Crippen molar-refractivity contribution in [2.45, 2.75) is 6.92 Å². The lowest BCUT2D eigenvalue weighted by atomic mass is 10.1. The fourth-order valence-electron chi connectivity index (χ4n) is 2.59. The molecule has 6 heteroatoms. The number of hydrogen-bond donors (Lipinski definition) is 1. The number of anilines is 1. The Kier molecular flexibility index (Phi) is 6.55. The molecule has 0 radical (unpaired) electrons. The third-order valence-electron chi connectivity index (χ3n) is 3.87. The molecule has 0 spiro atoms. The second kappa shape index (κ2) is 9.28. The molecule has 0 bridgehead atoms. The molecule has 0 aliphatic heterocycles. The second-order valence-electron chi connectivity index (χ2n) is 5.82. The van der Waals surface area contributed by atoms with Gasteiger partial charge in [-0.15, -0.1) is 0 Å². The molecule has 0 aliphatic rings. The van der Waals surface area contributed by atoms with E-state index >= 15 is 0 Å². The van der Waals surface area contributed by atoms with Crippen LogP contribution in [0.2, 0.25) is 0 Å². The van der Waals surface area contributed by atoms with E-state index < -0.39 is 0 Å². The highest BCUT2D eigenvalue weighted by Crippen LogP contribution is 2.36. The summed E-state index contributed by atoms with van der Waals surface area (Å²) >= 11 is 3.42. The first-order valence-electron chi connectivity index (χ1n) is 8.75. The maximum atomic E-state index is 12.6. The smallest absolute Gasteiger partial charge is 0.255 e. The molecule has 5 nitrogen and oxygen atoms in total. The monoisotopic (exact) mass is 441 g/mol. The van der Waals surface area contributed by atoms with Gasteiger partial charge in [0, 0.05) is 11.3 Å². The van der Waals surface area contributed by atoms with Crippen molar-refractivity contribution in [2.24, 2.45) is 0 Å². The second-order valence-corrected chi connectivity index (χ2v) is 6.67. The van der Waals surface area contributed by atoms with Gasteiger partial charge in [0.15, 0.2) is 11.5 Å². The van der Waals surface area contributed by atoms with Gasteiger partial charge < -0.3 is 19.5 Å². The first kappa shape index (κ1) is 19.8. The van der Waals surface area contributed by atoms with Crippen molar-refractivity contribution in [2.75, 3.05) is 19.0 Å². The zero-order valence-corrected chi connectivity index (χ0v) is 17.2. The van der Waals surface area contributed by atoms with Gasteiger partial charge in [0.1, 0.15) is 11.5 Å². The van der Waals surface area contributed by atoms with Crippen LogP contribution in [0.15, 0.2) is 71.2 Å². The number of halogens is 1. The predicted molar refractivity (Wildman–Crippen MR) is 113 cm³/mol. The van der Waals surface area contributed by atoms with E-state index in [4.69, 9.17) is 14.2 Å². The normalized spacial score (nSPS) is 10.2. The Bertz CT molecular complexity index is 943. The standard InChI is InChI=1S/C22H20BrNO4/c1-3-27-20-14-15(13-19(23)21(20)26-2)22(25)24-16-9-11-18(12-10-16)28-17-7-5-4-6-8-17/h4-14H,3H2,1-2H3,(H,24,25). The lowest BCUT2D eigenvalue weighted by molar-refractivity contribution is 0.102. The van der Waals surface area contributed by atoms with E-state index in [1.165, 1.54) is 0 Å². The molecule has 0 atom stereocenters. The van der Waals surface area contributed by atoms with Gasteiger partial charge >= 0.3 is 0 Å². The zero-order valence-electron chi connectivity index (χ0n) is 15.6. The van der Waals surface area contributed by atoms with Crippen molar-refractivity contribution in [3.05, 3.63) is 76.8 Å². The number of benzene rings is 3. The Morgan fingerprint density at radius 3 is 2.32 bits per heavy atom. The van der Waals surface area contributed by atoms with Gasteiger partial charge in [-0.3, -0.25) is 4.79 Å².